The van der Waals surface area contributed by atoms with Crippen LogP contribution in [0.4, 0.5) is 0 Å². The van der Waals surface area contributed by atoms with Crippen molar-refractivity contribution in [3.05, 3.63) is 57.7 Å². The Balaban J connectivity index is 1.73. The molecule has 0 fully saturated rings. The van der Waals surface area contributed by atoms with Crippen LogP contribution in [0.25, 0.3) is 0 Å². The van der Waals surface area contributed by atoms with Crippen LogP contribution in [-0.2, 0) is 6.54 Å². The summed E-state index contributed by atoms with van der Waals surface area (Å²) >= 11 is 2.27. The van der Waals surface area contributed by atoms with Crippen LogP contribution in [0.5, 0.6) is 11.5 Å². The molecule has 0 aliphatic carbocycles. The highest BCUT2D eigenvalue weighted by atomic mass is 127. The van der Waals surface area contributed by atoms with Gasteiger partial charge in [0.25, 0.3) is 0 Å². The lowest BCUT2D eigenvalue weighted by molar-refractivity contribution is 0.217. The number of rotatable bonds is 7. The van der Waals surface area contributed by atoms with E-state index >= 15 is 0 Å². The number of hydrogen-bond donors (Lipinski definition) is 1. The van der Waals surface area contributed by atoms with Crippen LogP contribution in [-0.4, -0.2) is 20.3 Å². The third-order valence-corrected chi connectivity index (χ3v) is 3.39. The molecule has 3 nitrogen and oxygen atoms in total. The molecule has 2 aromatic rings. The van der Waals surface area contributed by atoms with Gasteiger partial charge in [-0.15, -0.1) is 0 Å². The zero-order chi connectivity index (χ0) is 14.2. The highest BCUT2D eigenvalue weighted by Crippen LogP contribution is 2.15. The molecule has 0 spiro atoms. The molecule has 0 aromatic heterocycles. The maximum absolute atomic E-state index is 5.64. The molecule has 1 N–H and O–H groups in total. The summed E-state index contributed by atoms with van der Waals surface area (Å²) < 4.78 is 12.4. The minimum Gasteiger partial charge on any atom is -0.490 e. The highest BCUT2D eigenvalue weighted by Gasteiger charge is 1.97. The van der Waals surface area contributed by atoms with Crippen LogP contribution >= 0.6 is 22.6 Å². The van der Waals surface area contributed by atoms with Crippen molar-refractivity contribution in [3.63, 3.8) is 0 Å². The van der Waals surface area contributed by atoms with Crippen molar-refractivity contribution in [2.75, 3.05) is 20.3 Å². The molecule has 106 valence electrons. The molecule has 2 aromatic carbocycles. The molecular weight excluding hydrogens is 365 g/mol. The molecule has 0 saturated carbocycles. The third kappa shape index (κ3) is 5.02. The molecule has 0 radical (unpaired) electrons. The molecule has 0 aliphatic rings. The van der Waals surface area contributed by atoms with Gasteiger partial charge in [0.1, 0.15) is 24.7 Å². The number of halogens is 1. The van der Waals surface area contributed by atoms with Crippen LogP contribution in [0.3, 0.4) is 0 Å². The van der Waals surface area contributed by atoms with Crippen LogP contribution < -0.4 is 14.8 Å². The lowest BCUT2D eigenvalue weighted by Crippen LogP contribution is -2.09. The van der Waals surface area contributed by atoms with Gasteiger partial charge < -0.3 is 14.8 Å². The SMILES string of the molecule is CNCc1ccc(OCCOc2cccc(I)c2)cc1. The molecule has 4 heteroatoms. The Labute approximate surface area is 133 Å². The first kappa shape index (κ1) is 15.1. The minimum absolute atomic E-state index is 0.539. The summed E-state index contributed by atoms with van der Waals surface area (Å²) in [7, 11) is 1.94. The van der Waals surface area contributed by atoms with E-state index in [4.69, 9.17) is 9.47 Å². The second-order valence-corrected chi connectivity index (χ2v) is 5.57. The van der Waals surface area contributed by atoms with Crippen LogP contribution in [0, 0.1) is 3.57 Å². The first-order chi connectivity index (χ1) is 9.78. The smallest absolute Gasteiger partial charge is 0.122 e. The molecule has 0 atom stereocenters. The Morgan fingerprint density at radius 1 is 0.950 bits per heavy atom. The van der Waals surface area contributed by atoms with Crippen LogP contribution in [0.1, 0.15) is 5.56 Å². The molecule has 2 rings (SSSR count). The molecular formula is C16H18INO2. The summed E-state index contributed by atoms with van der Waals surface area (Å²) in [4.78, 5) is 0. The van der Waals surface area contributed by atoms with Gasteiger partial charge in [0.2, 0.25) is 0 Å². The van der Waals surface area contributed by atoms with Crippen molar-refractivity contribution in [3.8, 4) is 11.5 Å². The normalized spacial score (nSPS) is 10.3. The van der Waals surface area contributed by atoms with E-state index < -0.39 is 0 Å². The van der Waals surface area contributed by atoms with Crippen molar-refractivity contribution in [1.29, 1.82) is 0 Å². The monoisotopic (exact) mass is 383 g/mol. The molecule has 0 saturated heterocycles. The lowest BCUT2D eigenvalue weighted by atomic mass is 10.2. The first-order valence-electron chi connectivity index (χ1n) is 6.52. The second kappa shape index (κ2) is 8.11. The zero-order valence-corrected chi connectivity index (χ0v) is 13.6. The van der Waals surface area contributed by atoms with Gasteiger partial charge in [-0.05, 0) is 65.5 Å². The molecule has 0 aliphatic heterocycles. The van der Waals surface area contributed by atoms with E-state index in [2.05, 4.69) is 40.0 Å². The van der Waals surface area contributed by atoms with E-state index in [1.807, 2.05) is 43.4 Å². The van der Waals surface area contributed by atoms with Crippen LogP contribution in [0.2, 0.25) is 0 Å². The summed E-state index contributed by atoms with van der Waals surface area (Å²) in [6.45, 7) is 1.95. The predicted molar refractivity (Wildman–Crippen MR) is 89.4 cm³/mol. The van der Waals surface area contributed by atoms with Gasteiger partial charge in [0, 0.05) is 10.1 Å². The summed E-state index contributed by atoms with van der Waals surface area (Å²) in [6.07, 6.45) is 0. The van der Waals surface area contributed by atoms with Crippen molar-refractivity contribution in [2.45, 2.75) is 6.54 Å². The Hall–Kier alpha value is -1.27. The predicted octanol–water partition coefficient (Wildman–Crippen LogP) is 3.47. The van der Waals surface area contributed by atoms with Gasteiger partial charge in [-0.25, -0.2) is 0 Å². The zero-order valence-electron chi connectivity index (χ0n) is 11.4. The average Bonchev–Trinajstić information content (AvgIpc) is 2.46. The molecule has 0 unspecified atom stereocenters. The van der Waals surface area contributed by atoms with E-state index in [-0.39, 0.29) is 0 Å². The highest BCUT2D eigenvalue weighted by molar-refractivity contribution is 14.1. The summed E-state index contributed by atoms with van der Waals surface area (Å²) in [5, 5.41) is 3.12. The van der Waals surface area contributed by atoms with E-state index in [9.17, 15) is 0 Å². The maximum atomic E-state index is 5.64. The fraction of sp³-hybridized carbons (Fsp3) is 0.250. The van der Waals surface area contributed by atoms with Crippen molar-refractivity contribution in [2.24, 2.45) is 0 Å². The number of nitrogens with one attached hydrogen (secondary N) is 1. The fourth-order valence-electron chi connectivity index (χ4n) is 1.78. The first-order valence-corrected chi connectivity index (χ1v) is 7.60. The average molecular weight is 383 g/mol. The third-order valence-electron chi connectivity index (χ3n) is 2.72. The Morgan fingerprint density at radius 2 is 1.65 bits per heavy atom. The van der Waals surface area contributed by atoms with Crippen molar-refractivity contribution < 1.29 is 9.47 Å². The second-order valence-electron chi connectivity index (χ2n) is 4.33. The molecule has 0 heterocycles. The van der Waals surface area contributed by atoms with Gasteiger partial charge in [-0.3, -0.25) is 0 Å². The van der Waals surface area contributed by atoms with Gasteiger partial charge in [-0.2, -0.15) is 0 Å². The standard InChI is InChI=1S/C16H18INO2/c1-18-12-13-5-7-15(8-6-13)19-9-10-20-16-4-2-3-14(17)11-16/h2-8,11,18H,9-10,12H2,1H3. The summed E-state index contributed by atoms with van der Waals surface area (Å²) in [5.74, 6) is 1.75. The molecule has 20 heavy (non-hydrogen) atoms. The molecule has 0 amide bonds. The number of hydrogen-bond acceptors (Lipinski definition) is 3. The van der Waals surface area contributed by atoms with Gasteiger partial charge >= 0.3 is 0 Å². The minimum atomic E-state index is 0.539. The Kier molecular flexibility index (Phi) is 6.14. The maximum Gasteiger partial charge on any atom is 0.122 e. The summed E-state index contributed by atoms with van der Waals surface area (Å²) in [5.41, 5.74) is 1.25. The van der Waals surface area contributed by atoms with Crippen LogP contribution in [0.15, 0.2) is 48.5 Å². The number of benzene rings is 2. The Bertz CT molecular complexity index is 528. The molecule has 0 bridgehead atoms. The lowest BCUT2D eigenvalue weighted by Gasteiger charge is -2.09. The van der Waals surface area contributed by atoms with E-state index in [1.165, 1.54) is 9.13 Å². The van der Waals surface area contributed by atoms with Gasteiger partial charge in [0.15, 0.2) is 0 Å². The fourth-order valence-corrected chi connectivity index (χ4v) is 2.30. The van der Waals surface area contributed by atoms with E-state index in [1.54, 1.807) is 0 Å². The largest absolute Gasteiger partial charge is 0.490 e. The topological polar surface area (TPSA) is 30.5 Å². The van der Waals surface area contributed by atoms with Crippen molar-refractivity contribution in [1.82, 2.24) is 5.32 Å². The van der Waals surface area contributed by atoms with Gasteiger partial charge in [0.05, 0.1) is 0 Å². The Morgan fingerprint density at radius 3 is 2.30 bits per heavy atom. The number of ether oxygens (including phenoxy) is 2. The quantitative estimate of drug-likeness (QED) is 0.587. The van der Waals surface area contributed by atoms with E-state index in [0.717, 1.165) is 18.0 Å². The summed E-state index contributed by atoms with van der Waals surface area (Å²) in [6, 6.07) is 16.1. The van der Waals surface area contributed by atoms with Gasteiger partial charge in [-0.1, -0.05) is 18.2 Å². The van der Waals surface area contributed by atoms with E-state index in [0.29, 0.717) is 13.2 Å². The van der Waals surface area contributed by atoms with Crippen molar-refractivity contribution >= 4 is 22.6 Å².